The number of pyridine rings is 1. The molecule has 0 bridgehead atoms. The summed E-state index contributed by atoms with van der Waals surface area (Å²) in [5.41, 5.74) is 2.00. The molecule has 6 heteroatoms. The lowest BCUT2D eigenvalue weighted by molar-refractivity contribution is 0.240. The molecular weight excluding hydrogens is 292 g/mol. The fourth-order valence-electron chi connectivity index (χ4n) is 2.69. The minimum atomic E-state index is -0.192. The normalized spacial score (nSPS) is 14.5. The fraction of sp³-hybridized carbons (Fsp3) is 0.412. The Morgan fingerprint density at radius 3 is 2.65 bits per heavy atom. The maximum absolute atomic E-state index is 11.8. The molecule has 2 aromatic heterocycles. The molecule has 6 nitrogen and oxygen atoms in total. The van der Waals surface area contributed by atoms with Crippen molar-refractivity contribution in [3.8, 4) is 0 Å². The molecule has 1 aliphatic rings. The van der Waals surface area contributed by atoms with Crippen LogP contribution in [0.2, 0.25) is 0 Å². The van der Waals surface area contributed by atoms with E-state index < -0.39 is 0 Å². The standard InChI is InChI=1S/C17H22N4O2/c22-17(20-12-15-5-9-23-13-15)19-11-14-4-6-18-16(10-14)21-7-2-1-3-8-21/h4-6,9-10,13H,1-3,7-8,11-12H2,(H2,19,20,22). The summed E-state index contributed by atoms with van der Waals surface area (Å²) in [6.07, 6.45) is 8.77. The van der Waals surface area contributed by atoms with Gasteiger partial charge in [0.05, 0.1) is 12.5 Å². The zero-order chi connectivity index (χ0) is 15.9. The molecule has 23 heavy (non-hydrogen) atoms. The van der Waals surface area contributed by atoms with Crippen LogP contribution < -0.4 is 15.5 Å². The van der Waals surface area contributed by atoms with Crippen molar-refractivity contribution in [2.24, 2.45) is 0 Å². The molecule has 2 amide bonds. The van der Waals surface area contributed by atoms with E-state index in [4.69, 9.17) is 4.42 Å². The van der Waals surface area contributed by atoms with Crippen LogP contribution in [0.25, 0.3) is 0 Å². The van der Waals surface area contributed by atoms with Gasteiger partial charge in [0, 0.05) is 37.9 Å². The second-order valence-electron chi connectivity index (χ2n) is 5.74. The largest absolute Gasteiger partial charge is 0.472 e. The number of nitrogens with one attached hydrogen (secondary N) is 2. The third-order valence-corrected chi connectivity index (χ3v) is 3.98. The number of anilines is 1. The molecule has 0 atom stereocenters. The smallest absolute Gasteiger partial charge is 0.315 e. The first-order valence-electron chi connectivity index (χ1n) is 8.04. The molecule has 0 saturated carbocycles. The summed E-state index contributed by atoms with van der Waals surface area (Å²) >= 11 is 0. The van der Waals surface area contributed by atoms with Crippen molar-refractivity contribution < 1.29 is 9.21 Å². The minimum Gasteiger partial charge on any atom is -0.472 e. The van der Waals surface area contributed by atoms with Crippen LogP contribution in [0.5, 0.6) is 0 Å². The monoisotopic (exact) mass is 314 g/mol. The van der Waals surface area contributed by atoms with Gasteiger partial charge in [-0.2, -0.15) is 0 Å². The van der Waals surface area contributed by atoms with Gasteiger partial charge in [0.2, 0.25) is 0 Å². The number of rotatable bonds is 5. The molecule has 2 N–H and O–H groups in total. The van der Waals surface area contributed by atoms with E-state index in [0.717, 1.165) is 30.0 Å². The number of urea groups is 1. The molecule has 0 spiro atoms. The van der Waals surface area contributed by atoms with Crippen molar-refractivity contribution in [2.45, 2.75) is 32.4 Å². The molecule has 0 radical (unpaired) electrons. The highest BCUT2D eigenvalue weighted by atomic mass is 16.3. The number of amides is 2. The molecule has 3 heterocycles. The van der Waals surface area contributed by atoms with Crippen LogP contribution in [0.1, 0.15) is 30.4 Å². The van der Waals surface area contributed by atoms with Gasteiger partial charge in [-0.1, -0.05) is 0 Å². The number of carbonyl (C=O) groups excluding carboxylic acids is 1. The highest BCUT2D eigenvalue weighted by Crippen LogP contribution is 2.18. The van der Waals surface area contributed by atoms with E-state index in [1.807, 2.05) is 18.3 Å². The molecule has 1 fully saturated rings. The van der Waals surface area contributed by atoms with E-state index in [9.17, 15) is 4.79 Å². The molecule has 1 saturated heterocycles. The highest BCUT2D eigenvalue weighted by molar-refractivity contribution is 5.73. The van der Waals surface area contributed by atoms with Gasteiger partial charge in [-0.3, -0.25) is 0 Å². The quantitative estimate of drug-likeness (QED) is 0.890. The summed E-state index contributed by atoms with van der Waals surface area (Å²) in [5.74, 6) is 1.00. The second kappa shape index (κ2) is 7.67. The van der Waals surface area contributed by atoms with E-state index in [1.165, 1.54) is 19.3 Å². The third kappa shape index (κ3) is 4.48. The van der Waals surface area contributed by atoms with Gasteiger partial charge in [0.15, 0.2) is 0 Å². The lowest BCUT2D eigenvalue weighted by atomic mass is 10.1. The van der Waals surface area contributed by atoms with Crippen molar-refractivity contribution in [3.63, 3.8) is 0 Å². The first-order chi connectivity index (χ1) is 11.3. The van der Waals surface area contributed by atoms with Gasteiger partial charge < -0.3 is 20.0 Å². The zero-order valence-electron chi connectivity index (χ0n) is 13.1. The zero-order valence-corrected chi connectivity index (χ0v) is 13.1. The summed E-state index contributed by atoms with van der Waals surface area (Å²) in [6.45, 7) is 3.07. The number of furan rings is 1. The summed E-state index contributed by atoms with van der Waals surface area (Å²) in [6, 6.07) is 5.63. The van der Waals surface area contributed by atoms with E-state index in [2.05, 4.69) is 26.6 Å². The van der Waals surface area contributed by atoms with Crippen LogP contribution in [0, 0.1) is 0 Å². The van der Waals surface area contributed by atoms with Crippen LogP contribution in [-0.2, 0) is 13.1 Å². The predicted octanol–water partition coefficient (Wildman–Crippen LogP) is 2.66. The Hall–Kier alpha value is -2.50. The van der Waals surface area contributed by atoms with E-state index in [0.29, 0.717) is 13.1 Å². The Kier molecular flexibility index (Phi) is 5.13. The van der Waals surface area contributed by atoms with Crippen LogP contribution in [-0.4, -0.2) is 24.1 Å². The van der Waals surface area contributed by atoms with Crippen LogP contribution in [0.15, 0.2) is 41.3 Å². The first kappa shape index (κ1) is 15.4. The Labute approximate surface area is 135 Å². The van der Waals surface area contributed by atoms with Gasteiger partial charge in [-0.15, -0.1) is 0 Å². The van der Waals surface area contributed by atoms with Gasteiger partial charge in [-0.25, -0.2) is 9.78 Å². The lowest BCUT2D eigenvalue weighted by Gasteiger charge is -2.27. The number of hydrogen-bond donors (Lipinski definition) is 2. The van der Waals surface area contributed by atoms with Crippen LogP contribution in [0.3, 0.4) is 0 Å². The minimum absolute atomic E-state index is 0.192. The SMILES string of the molecule is O=C(NCc1ccoc1)NCc1ccnc(N2CCCCC2)c1. The average molecular weight is 314 g/mol. The number of nitrogens with zero attached hydrogens (tertiary/aromatic N) is 2. The Morgan fingerprint density at radius 2 is 1.91 bits per heavy atom. The number of carbonyl (C=O) groups is 1. The molecule has 3 rings (SSSR count). The van der Waals surface area contributed by atoms with E-state index in [-0.39, 0.29) is 6.03 Å². The van der Waals surface area contributed by atoms with Crippen molar-refractivity contribution in [2.75, 3.05) is 18.0 Å². The topological polar surface area (TPSA) is 70.4 Å². The Balaban J connectivity index is 1.48. The summed E-state index contributed by atoms with van der Waals surface area (Å²) < 4.78 is 4.96. The molecule has 1 aliphatic heterocycles. The average Bonchev–Trinajstić information content (AvgIpc) is 3.13. The second-order valence-corrected chi connectivity index (χ2v) is 5.74. The molecular formula is C17H22N4O2. The molecule has 2 aromatic rings. The van der Waals surface area contributed by atoms with Crippen LogP contribution >= 0.6 is 0 Å². The molecule has 0 unspecified atom stereocenters. The van der Waals surface area contributed by atoms with Gasteiger partial charge in [0.1, 0.15) is 5.82 Å². The number of hydrogen-bond acceptors (Lipinski definition) is 4. The summed E-state index contributed by atoms with van der Waals surface area (Å²) in [7, 11) is 0. The Bertz CT molecular complexity index is 621. The van der Waals surface area contributed by atoms with Gasteiger partial charge in [0.25, 0.3) is 0 Å². The molecule has 122 valence electrons. The third-order valence-electron chi connectivity index (χ3n) is 3.98. The van der Waals surface area contributed by atoms with Crippen LogP contribution in [0.4, 0.5) is 10.6 Å². The van der Waals surface area contributed by atoms with E-state index >= 15 is 0 Å². The first-order valence-corrected chi connectivity index (χ1v) is 8.04. The predicted molar refractivity (Wildman–Crippen MR) is 88.1 cm³/mol. The molecule has 0 aromatic carbocycles. The van der Waals surface area contributed by atoms with Crippen molar-refractivity contribution >= 4 is 11.8 Å². The summed E-state index contributed by atoms with van der Waals surface area (Å²) in [5, 5.41) is 5.66. The number of piperidine rings is 1. The van der Waals surface area contributed by atoms with Crippen molar-refractivity contribution in [3.05, 3.63) is 48.0 Å². The maximum Gasteiger partial charge on any atom is 0.315 e. The summed E-state index contributed by atoms with van der Waals surface area (Å²) in [4.78, 5) is 18.6. The van der Waals surface area contributed by atoms with Crippen molar-refractivity contribution in [1.82, 2.24) is 15.6 Å². The highest BCUT2D eigenvalue weighted by Gasteiger charge is 2.12. The fourth-order valence-corrected chi connectivity index (χ4v) is 2.69. The van der Waals surface area contributed by atoms with Gasteiger partial charge >= 0.3 is 6.03 Å². The van der Waals surface area contributed by atoms with Crippen molar-refractivity contribution in [1.29, 1.82) is 0 Å². The molecule has 0 aliphatic carbocycles. The lowest BCUT2D eigenvalue weighted by Crippen LogP contribution is -2.34. The van der Waals surface area contributed by atoms with Gasteiger partial charge in [-0.05, 0) is 43.0 Å². The Morgan fingerprint density at radius 1 is 1.13 bits per heavy atom. The van der Waals surface area contributed by atoms with E-state index in [1.54, 1.807) is 12.5 Å². The maximum atomic E-state index is 11.8. The number of aromatic nitrogens is 1.